The predicted octanol–water partition coefficient (Wildman–Crippen LogP) is 3.05. The lowest BCUT2D eigenvalue weighted by Crippen LogP contribution is -2.40. The second-order valence-corrected chi connectivity index (χ2v) is 6.96. The number of esters is 1. The van der Waals surface area contributed by atoms with Crippen LogP contribution in [0.3, 0.4) is 0 Å². The first-order valence-electron chi connectivity index (χ1n) is 9.52. The minimum Gasteiger partial charge on any atom is -0.463 e. The number of likely N-dealkylation sites (tertiary alicyclic amines) is 1. The van der Waals surface area contributed by atoms with Crippen molar-refractivity contribution in [1.82, 2.24) is 4.90 Å². The topological polar surface area (TPSA) is 55.8 Å². The highest BCUT2D eigenvalue weighted by atomic mass is 16.6. The Balaban J connectivity index is 1.39. The third-order valence-corrected chi connectivity index (χ3v) is 5.04. The van der Waals surface area contributed by atoms with Gasteiger partial charge < -0.3 is 14.4 Å². The fourth-order valence-corrected chi connectivity index (χ4v) is 3.40. The molecule has 5 heteroatoms. The van der Waals surface area contributed by atoms with Crippen LogP contribution in [-0.2, 0) is 19.1 Å². The molecule has 140 valence electrons. The number of rotatable bonds is 5. The van der Waals surface area contributed by atoms with Crippen molar-refractivity contribution in [3.63, 3.8) is 0 Å². The summed E-state index contributed by atoms with van der Waals surface area (Å²) in [7, 11) is 0. The Bertz CT molecular complexity index is 614. The van der Waals surface area contributed by atoms with Crippen LogP contribution in [-0.4, -0.2) is 49.2 Å². The van der Waals surface area contributed by atoms with Crippen LogP contribution in [0.4, 0.5) is 0 Å². The van der Waals surface area contributed by atoms with Crippen molar-refractivity contribution in [2.45, 2.75) is 38.2 Å². The Kier molecular flexibility index (Phi) is 6.83. The van der Waals surface area contributed by atoms with E-state index >= 15 is 0 Å². The zero-order chi connectivity index (χ0) is 18.2. The average molecular weight is 357 g/mol. The van der Waals surface area contributed by atoms with E-state index in [2.05, 4.69) is 0 Å². The van der Waals surface area contributed by atoms with Gasteiger partial charge in [0.2, 0.25) is 5.91 Å². The molecule has 5 nitrogen and oxygen atoms in total. The fourth-order valence-electron chi connectivity index (χ4n) is 3.40. The standard InChI is InChI=1S/C21H27NO4/c23-20(10-9-17-6-2-1-3-7-17)22-13-11-18(12-14-22)21(24)26-16-19-8-4-5-15-25-19/h1-3,6-7,9-10,18-19H,4-5,8,11-16H2/b10-9+. The third-order valence-electron chi connectivity index (χ3n) is 5.04. The number of carbonyl (C=O) groups excluding carboxylic acids is 2. The van der Waals surface area contributed by atoms with Gasteiger partial charge >= 0.3 is 5.97 Å². The monoisotopic (exact) mass is 357 g/mol. The Hall–Kier alpha value is -2.14. The van der Waals surface area contributed by atoms with Crippen LogP contribution < -0.4 is 0 Å². The quantitative estimate of drug-likeness (QED) is 0.600. The molecular weight excluding hydrogens is 330 g/mol. The van der Waals surface area contributed by atoms with Crippen molar-refractivity contribution in [2.24, 2.45) is 5.92 Å². The van der Waals surface area contributed by atoms with Gasteiger partial charge in [0.05, 0.1) is 12.0 Å². The molecule has 0 saturated carbocycles. The number of ether oxygens (including phenoxy) is 2. The summed E-state index contributed by atoms with van der Waals surface area (Å²) >= 11 is 0. The van der Waals surface area contributed by atoms with Crippen LogP contribution >= 0.6 is 0 Å². The Morgan fingerprint density at radius 3 is 2.58 bits per heavy atom. The van der Waals surface area contributed by atoms with Crippen molar-refractivity contribution < 1.29 is 19.1 Å². The molecule has 1 atom stereocenters. The maximum absolute atomic E-state index is 12.3. The number of piperidine rings is 1. The van der Waals surface area contributed by atoms with E-state index in [-0.39, 0.29) is 23.9 Å². The van der Waals surface area contributed by atoms with E-state index < -0.39 is 0 Å². The van der Waals surface area contributed by atoms with Gasteiger partial charge in [0, 0.05) is 25.8 Å². The summed E-state index contributed by atoms with van der Waals surface area (Å²) in [5, 5.41) is 0. The van der Waals surface area contributed by atoms with Gasteiger partial charge in [-0.15, -0.1) is 0 Å². The lowest BCUT2D eigenvalue weighted by Gasteiger charge is -2.30. The molecule has 0 bridgehead atoms. The molecule has 26 heavy (non-hydrogen) atoms. The second kappa shape index (κ2) is 9.53. The summed E-state index contributed by atoms with van der Waals surface area (Å²) in [6, 6.07) is 9.76. The Labute approximate surface area is 155 Å². The number of hydrogen-bond acceptors (Lipinski definition) is 4. The molecule has 0 aromatic heterocycles. The molecule has 3 rings (SSSR count). The normalized spacial score (nSPS) is 21.7. The molecule has 0 spiro atoms. The SMILES string of the molecule is O=C(OCC1CCCCO1)C1CCN(C(=O)/C=C/c2ccccc2)CC1. The van der Waals surface area contributed by atoms with Crippen LogP contribution in [0.2, 0.25) is 0 Å². The van der Waals surface area contributed by atoms with E-state index in [0.29, 0.717) is 32.5 Å². The van der Waals surface area contributed by atoms with E-state index in [0.717, 1.165) is 31.4 Å². The first-order valence-corrected chi connectivity index (χ1v) is 9.52. The van der Waals surface area contributed by atoms with Crippen LogP contribution in [0, 0.1) is 5.92 Å². The van der Waals surface area contributed by atoms with Crippen molar-refractivity contribution in [2.75, 3.05) is 26.3 Å². The number of amides is 1. The van der Waals surface area contributed by atoms with Crippen LogP contribution in [0.25, 0.3) is 6.08 Å². The summed E-state index contributed by atoms with van der Waals surface area (Å²) in [6.07, 6.45) is 8.01. The van der Waals surface area contributed by atoms with E-state index in [1.165, 1.54) is 0 Å². The van der Waals surface area contributed by atoms with Crippen molar-refractivity contribution in [1.29, 1.82) is 0 Å². The van der Waals surface area contributed by atoms with Gasteiger partial charge in [-0.3, -0.25) is 9.59 Å². The molecule has 2 fully saturated rings. The zero-order valence-corrected chi connectivity index (χ0v) is 15.1. The lowest BCUT2D eigenvalue weighted by molar-refractivity contribution is -0.156. The first kappa shape index (κ1) is 18.6. The molecule has 0 radical (unpaired) electrons. The maximum Gasteiger partial charge on any atom is 0.309 e. The molecule has 2 heterocycles. The molecule has 2 aliphatic rings. The summed E-state index contributed by atoms with van der Waals surface area (Å²) in [5.41, 5.74) is 1.00. The van der Waals surface area contributed by atoms with Gasteiger partial charge in [-0.05, 0) is 43.7 Å². The number of benzene rings is 1. The smallest absolute Gasteiger partial charge is 0.309 e. The van der Waals surface area contributed by atoms with Gasteiger partial charge in [-0.2, -0.15) is 0 Å². The highest BCUT2D eigenvalue weighted by Crippen LogP contribution is 2.20. The molecule has 2 aliphatic heterocycles. The highest BCUT2D eigenvalue weighted by molar-refractivity contribution is 5.92. The van der Waals surface area contributed by atoms with Gasteiger partial charge in [0.25, 0.3) is 0 Å². The van der Waals surface area contributed by atoms with Crippen molar-refractivity contribution >= 4 is 18.0 Å². The molecular formula is C21H27NO4. The molecule has 1 aromatic rings. The van der Waals surface area contributed by atoms with Gasteiger partial charge in [-0.25, -0.2) is 0 Å². The Morgan fingerprint density at radius 1 is 1.12 bits per heavy atom. The lowest BCUT2D eigenvalue weighted by atomic mass is 9.97. The molecule has 1 aromatic carbocycles. The Morgan fingerprint density at radius 2 is 1.88 bits per heavy atom. The van der Waals surface area contributed by atoms with Crippen LogP contribution in [0.5, 0.6) is 0 Å². The summed E-state index contributed by atoms with van der Waals surface area (Å²) in [6.45, 7) is 2.31. The van der Waals surface area contributed by atoms with E-state index in [4.69, 9.17) is 9.47 Å². The molecule has 1 unspecified atom stereocenters. The summed E-state index contributed by atoms with van der Waals surface area (Å²) < 4.78 is 11.0. The largest absolute Gasteiger partial charge is 0.463 e. The summed E-state index contributed by atoms with van der Waals surface area (Å²) in [5.74, 6) is -0.261. The maximum atomic E-state index is 12.3. The fraction of sp³-hybridized carbons (Fsp3) is 0.524. The molecule has 0 N–H and O–H groups in total. The van der Waals surface area contributed by atoms with E-state index in [9.17, 15) is 9.59 Å². The van der Waals surface area contributed by atoms with Crippen LogP contribution in [0.15, 0.2) is 36.4 Å². The van der Waals surface area contributed by atoms with Crippen LogP contribution in [0.1, 0.15) is 37.7 Å². The minimum atomic E-state index is -0.147. The van der Waals surface area contributed by atoms with Crippen molar-refractivity contribution in [3.05, 3.63) is 42.0 Å². The number of carbonyl (C=O) groups is 2. The van der Waals surface area contributed by atoms with Crippen molar-refractivity contribution in [3.8, 4) is 0 Å². The first-order chi connectivity index (χ1) is 12.7. The third kappa shape index (κ3) is 5.43. The van der Waals surface area contributed by atoms with Gasteiger partial charge in [0.15, 0.2) is 0 Å². The minimum absolute atomic E-state index is 0.00345. The molecule has 1 amide bonds. The van der Waals surface area contributed by atoms with Gasteiger partial charge in [-0.1, -0.05) is 30.3 Å². The number of nitrogens with zero attached hydrogens (tertiary/aromatic N) is 1. The zero-order valence-electron chi connectivity index (χ0n) is 15.1. The highest BCUT2D eigenvalue weighted by Gasteiger charge is 2.28. The number of hydrogen-bond donors (Lipinski definition) is 0. The van der Waals surface area contributed by atoms with E-state index in [1.807, 2.05) is 36.4 Å². The molecule has 2 saturated heterocycles. The summed E-state index contributed by atoms with van der Waals surface area (Å²) in [4.78, 5) is 26.3. The second-order valence-electron chi connectivity index (χ2n) is 6.96. The predicted molar refractivity (Wildman–Crippen MR) is 99.3 cm³/mol. The van der Waals surface area contributed by atoms with E-state index in [1.54, 1.807) is 11.0 Å². The molecule has 0 aliphatic carbocycles. The average Bonchev–Trinajstić information content (AvgIpc) is 2.72. The van der Waals surface area contributed by atoms with Gasteiger partial charge in [0.1, 0.15) is 6.61 Å².